The number of nitrogens with zero attached hydrogens (tertiary/aromatic N) is 3. The third-order valence-electron chi connectivity index (χ3n) is 7.30. The minimum Gasteiger partial charge on any atom is -0.495 e. The maximum atomic E-state index is 13.3. The number of ether oxygens (including phenoxy) is 1. The second kappa shape index (κ2) is 8.37. The average molecular weight is 503 g/mol. The molecular formula is C27H26N4O4S. The van der Waals surface area contributed by atoms with E-state index in [-0.39, 0.29) is 16.2 Å². The first-order chi connectivity index (χ1) is 17.4. The van der Waals surface area contributed by atoms with Crippen molar-refractivity contribution in [2.24, 2.45) is 5.41 Å². The Labute approximate surface area is 209 Å². The van der Waals surface area contributed by atoms with Crippen molar-refractivity contribution < 1.29 is 17.9 Å². The number of carbonyl (C=O) groups is 1. The molecule has 2 heterocycles. The lowest BCUT2D eigenvalue weighted by atomic mass is 10.1. The van der Waals surface area contributed by atoms with Gasteiger partial charge in [0, 0.05) is 42.1 Å². The van der Waals surface area contributed by atoms with E-state index in [1.165, 1.54) is 20.0 Å². The molecule has 1 spiro atoms. The molecule has 0 bridgehead atoms. The van der Waals surface area contributed by atoms with Gasteiger partial charge in [0.05, 0.1) is 12.8 Å². The van der Waals surface area contributed by atoms with E-state index >= 15 is 0 Å². The molecule has 1 N–H and O–H groups in total. The summed E-state index contributed by atoms with van der Waals surface area (Å²) >= 11 is 0. The van der Waals surface area contributed by atoms with Gasteiger partial charge >= 0.3 is 0 Å². The Morgan fingerprint density at radius 2 is 1.92 bits per heavy atom. The van der Waals surface area contributed by atoms with Gasteiger partial charge in [-0.2, -0.15) is 5.10 Å². The zero-order valence-corrected chi connectivity index (χ0v) is 20.7. The number of methoxy groups -OCH3 is 1. The van der Waals surface area contributed by atoms with Crippen LogP contribution in [-0.2, 0) is 10.0 Å². The van der Waals surface area contributed by atoms with Crippen LogP contribution in [0.15, 0.2) is 78.0 Å². The maximum absolute atomic E-state index is 13.3. The van der Waals surface area contributed by atoms with E-state index in [9.17, 15) is 13.2 Å². The summed E-state index contributed by atoms with van der Waals surface area (Å²) in [6.07, 6.45) is 7.13. The van der Waals surface area contributed by atoms with Crippen molar-refractivity contribution in [3.63, 3.8) is 0 Å². The van der Waals surface area contributed by atoms with Crippen LogP contribution in [0.5, 0.6) is 5.75 Å². The van der Waals surface area contributed by atoms with Crippen LogP contribution in [0.1, 0.15) is 29.6 Å². The van der Waals surface area contributed by atoms with E-state index in [4.69, 9.17) is 4.74 Å². The van der Waals surface area contributed by atoms with Crippen molar-refractivity contribution in [1.29, 1.82) is 0 Å². The zero-order chi connectivity index (χ0) is 24.9. The van der Waals surface area contributed by atoms with E-state index in [2.05, 4.69) is 14.7 Å². The van der Waals surface area contributed by atoms with Gasteiger partial charge < -0.3 is 9.64 Å². The van der Waals surface area contributed by atoms with Crippen LogP contribution in [0, 0.1) is 5.41 Å². The number of nitrogens with one attached hydrogen (secondary N) is 1. The second-order valence-electron chi connectivity index (χ2n) is 9.61. The Balaban J connectivity index is 1.28. The van der Waals surface area contributed by atoms with E-state index in [1.807, 2.05) is 36.5 Å². The number of carbonyl (C=O) groups excluding carboxylic acids is 1. The molecule has 3 aromatic carbocycles. The number of anilines is 1. The number of rotatable bonds is 6. The summed E-state index contributed by atoms with van der Waals surface area (Å²) < 4.78 is 36.0. The molecule has 0 atom stereocenters. The van der Waals surface area contributed by atoms with Crippen molar-refractivity contribution in [2.75, 3.05) is 25.1 Å². The summed E-state index contributed by atoms with van der Waals surface area (Å²) in [4.78, 5) is 15.2. The summed E-state index contributed by atoms with van der Waals surface area (Å²) in [5.41, 5.74) is 2.34. The molecule has 2 aliphatic rings. The molecule has 0 radical (unpaired) electrons. The molecule has 1 aliphatic heterocycles. The Kier molecular flexibility index (Phi) is 5.26. The maximum Gasteiger partial charge on any atom is 0.268 e. The predicted octanol–water partition coefficient (Wildman–Crippen LogP) is 4.14. The molecule has 9 heteroatoms. The smallest absolute Gasteiger partial charge is 0.268 e. The molecule has 1 aliphatic carbocycles. The van der Waals surface area contributed by atoms with Crippen molar-refractivity contribution in [3.05, 3.63) is 78.6 Å². The molecule has 4 aromatic rings. The highest BCUT2D eigenvalue weighted by Crippen LogP contribution is 2.53. The fourth-order valence-electron chi connectivity index (χ4n) is 5.07. The first-order valence-electron chi connectivity index (χ1n) is 11.9. The Morgan fingerprint density at radius 1 is 1.06 bits per heavy atom. The van der Waals surface area contributed by atoms with Gasteiger partial charge in [-0.1, -0.05) is 18.2 Å². The molecule has 1 saturated heterocycles. The van der Waals surface area contributed by atoms with E-state index in [0.717, 1.165) is 41.7 Å². The van der Waals surface area contributed by atoms with Crippen LogP contribution in [0.2, 0.25) is 0 Å². The molecular weight excluding hydrogens is 476 g/mol. The lowest BCUT2D eigenvalue weighted by Crippen LogP contribution is -2.31. The molecule has 0 unspecified atom stereocenters. The molecule has 6 rings (SSSR count). The SMILES string of the molecule is COc1ccc(N2CCC3(CC3)C2)cc1S(=O)(=O)NC(=O)c1ccc2c(-n3cccn3)cccc2c1. The predicted molar refractivity (Wildman–Crippen MR) is 137 cm³/mol. The highest BCUT2D eigenvalue weighted by molar-refractivity contribution is 7.90. The third-order valence-corrected chi connectivity index (χ3v) is 8.65. The quantitative estimate of drug-likeness (QED) is 0.426. The number of sulfonamides is 1. The van der Waals surface area contributed by atoms with Crippen LogP contribution in [-0.4, -0.2) is 44.3 Å². The number of hydrogen-bond acceptors (Lipinski definition) is 6. The molecule has 8 nitrogen and oxygen atoms in total. The van der Waals surface area contributed by atoms with Crippen LogP contribution < -0.4 is 14.4 Å². The largest absolute Gasteiger partial charge is 0.495 e. The number of benzene rings is 3. The van der Waals surface area contributed by atoms with Crippen molar-refractivity contribution in [1.82, 2.24) is 14.5 Å². The Hall–Kier alpha value is -3.85. The highest BCUT2D eigenvalue weighted by Gasteiger charge is 2.47. The van der Waals surface area contributed by atoms with Gasteiger partial charge in [0.2, 0.25) is 0 Å². The van der Waals surface area contributed by atoms with Gasteiger partial charge in [-0.3, -0.25) is 4.79 Å². The standard InChI is InChI=1S/C27H26N4O4S/c1-35-24-9-7-21(30-15-12-27(18-30)10-11-27)17-25(24)36(33,34)29-26(32)20-6-8-22-19(16-20)4-2-5-23(22)31-14-3-13-28-31/h2-9,13-14,16-17H,10-12,15,18H2,1H3,(H,29,32). The van der Waals surface area contributed by atoms with Crippen LogP contribution >= 0.6 is 0 Å². The molecule has 184 valence electrons. The molecule has 1 amide bonds. The van der Waals surface area contributed by atoms with Crippen molar-refractivity contribution in [2.45, 2.75) is 24.2 Å². The number of fused-ring (bicyclic) bond motifs is 1. The molecule has 2 fully saturated rings. The molecule has 1 aromatic heterocycles. The lowest BCUT2D eigenvalue weighted by molar-refractivity contribution is 0.0981. The Bertz CT molecular complexity index is 1580. The number of amides is 1. The van der Waals surface area contributed by atoms with Gasteiger partial charge in [-0.05, 0) is 72.5 Å². The van der Waals surface area contributed by atoms with E-state index < -0.39 is 15.9 Å². The second-order valence-corrected chi connectivity index (χ2v) is 11.3. The number of hydrogen-bond donors (Lipinski definition) is 1. The van der Waals surface area contributed by atoms with Gasteiger partial charge in [-0.15, -0.1) is 0 Å². The van der Waals surface area contributed by atoms with Gasteiger partial charge in [0.1, 0.15) is 10.6 Å². The van der Waals surface area contributed by atoms with Crippen LogP contribution in [0.3, 0.4) is 0 Å². The topological polar surface area (TPSA) is 93.5 Å². The van der Waals surface area contributed by atoms with E-state index in [1.54, 1.807) is 41.2 Å². The summed E-state index contributed by atoms with van der Waals surface area (Å²) in [6, 6.07) is 17.8. The summed E-state index contributed by atoms with van der Waals surface area (Å²) in [6.45, 7) is 1.83. The third kappa shape index (κ3) is 3.99. The van der Waals surface area contributed by atoms with Gasteiger partial charge in [-0.25, -0.2) is 17.8 Å². The summed E-state index contributed by atoms with van der Waals surface area (Å²) in [7, 11) is -2.76. The van der Waals surface area contributed by atoms with Crippen LogP contribution in [0.4, 0.5) is 5.69 Å². The van der Waals surface area contributed by atoms with E-state index in [0.29, 0.717) is 5.41 Å². The Morgan fingerprint density at radius 3 is 2.64 bits per heavy atom. The van der Waals surface area contributed by atoms with Crippen molar-refractivity contribution >= 4 is 32.4 Å². The van der Waals surface area contributed by atoms with Crippen molar-refractivity contribution in [3.8, 4) is 11.4 Å². The minimum atomic E-state index is -4.18. The molecule has 1 saturated carbocycles. The average Bonchev–Trinajstić information content (AvgIpc) is 3.25. The fraction of sp³-hybridized carbons (Fsp3) is 0.259. The molecule has 36 heavy (non-hydrogen) atoms. The zero-order valence-electron chi connectivity index (χ0n) is 19.8. The summed E-state index contributed by atoms with van der Waals surface area (Å²) in [5.74, 6) is -0.506. The highest BCUT2D eigenvalue weighted by atomic mass is 32.2. The van der Waals surface area contributed by atoms with Gasteiger partial charge in [0.25, 0.3) is 15.9 Å². The monoisotopic (exact) mass is 502 g/mol. The lowest BCUT2D eigenvalue weighted by Gasteiger charge is -2.20. The van der Waals surface area contributed by atoms with Crippen LogP contribution in [0.25, 0.3) is 16.5 Å². The minimum absolute atomic E-state index is 0.0469. The fourth-order valence-corrected chi connectivity index (χ4v) is 6.23. The normalized spacial score (nSPS) is 16.4. The number of aromatic nitrogens is 2. The summed E-state index contributed by atoms with van der Waals surface area (Å²) in [5, 5.41) is 5.98. The first-order valence-corrected chi connectivity index (χ1v) is 13.4. The first kappa shape index (κ1) is 22.6. The van der Waals surface area contributed by atoms with Gasteiger partial charge in [0.15, 0.2) is 0 Å².